The van der Waals surface area contributed by atoms with Gasteiger partial charge in [-0.05, 0) is 6.08 Å². The number of carboxylic acid groups (broad SMARTS) is 3. The van der Waals surface area contributed by atoms with Crippen LogP contribution < -0.4 is 16.0 Å². The van der Waals surface area contributed by atoms with Crippen molar-refractivity contribution in [1.29, 1.82) is 0 Å². The predicted molar refractivity (Wildman–Crippen MR) is 234 cm³/mol. The number of aliphatic hydroxyl groups excluding tert-OH is 13. The summed E-state index contributed by atoms with van der Waals surface area (Å²) in [5.41, 5.74) is 0. The molecule has 0 saturated carbocycles. The van der Waals surface area contributed by atoms with Crippen LogP contribution in [0.3, 0.4) is 0 Å². The SMILES string of the molecule is CC(=O)N[C@@H]1[C@@H](O)[C@H](O[C@@H]2O[C@@H](C(=O)O)[C@@H](O[C@@H]3O[C@H](CO)[C@@H](O[C@@H]4O[C@@H](C(=O)O)[C@@H](O[C@@H]5O[C@H](CO)[C@@H](O[C@@H]6OC(C(=O)O)=C[C@H](O)[C@H]6O)[C@H](O)[C@H]5NC(C)=O)[C@H](O)[C@H]4O)[C@H](O)[C@H]3NC(C)=O)[C@H](O)[C@H]2O)[C@@H](CO)O[C@H]1O. The highest BCUT2D eigenvalue weighted by Crippen LogP contribution is 2.37. The van der Waals surface area contributed by atoms with Crippen LogP contribution in [0.2, 0.25) is 0 Å². The monoisotopic (exact) mass is 1140 g/mol. The molecule has 36 heteroatoms. The van der Waals surface area contributed by atoms with Crippen LogP contribution in [0.5, 0.6) is 0 Å². The molecule has 0 spiro atoms. The zero-order valence-electron chi connectivity index (χ0n) is 41.0. The summed E-state index contributed by atoms with van der Waals surface area (Å²) >= 11 is 0. The second-order valence-corrected chi connectivity index (χ2v) is 18.6. The average Bonchev–Trinajstić information content (AvgIpc) is 3.43. The zero-order valence-corrected chi connectivity index (χ0v) is 41.0. The molecule has 5 fully saturated rings. The third-order valence-corrected chi connectivity index (χ3v) is 13.1. The summed E-state index contributed by atoms with van der Waals surface area (Å²) in [5, 5.41) is 178. The summed E-state index contributed by atoms with van der Waals surface area (Å²) in [6, 6.07) is -5.40. The van der Waals surface area contributed by atoms with Crippen LogP contribution in [0.1, 0.15) is 20.8 Å². The first-order chi connectivity index (χ1) is 36.6. The van der Waals surface area contributed by atoms with Crippen LogP contribution in [0.4, 0.5) is 0 Å². The van der Waals surface area contributed by atoms with Gasteiger partial charge in [-0.2, -0.15) is 0 Å². The van der Waals surface area contributed by atoms with Crippen molar-refractivity contribution in [3.63, 3.8) is 0 Å². The van der Waals surface area contributed by atoms with Gasteiger partial charge < -0.3 is 150 Å². The number of carbonyl (C=O) groups is 6. The lowest BCUT2D eigenvalue weighted by Crippen LogP contribution is -2.71. The number of rotatable bonds is 19. The number of amides is 3. The molecule has 0 aliphatic carbocycles. The molecule has 6 aliphatic rings. The Morgan fingerprint density at radius 1 is 0.436 bits per heavy atom. The van der Waals surface area contributed by atoms with Crippen molar-refractivity contribution in [3.8, 4) is 0 Å². The van der Waals surface area contributed by atoms with Gasteiger partial charge in [0.25, 0.3) is 0 Å². The van der Waals surface area contributed by atoms with Gasteiger partial charge in [0.1, 0.15) is 122 Å². The minimum atomic E-state index is -2.44. The second kappa shape index (κ2) is 26.4. The van der Waals surface area contributed by atoms with Gasteiger partial charge >= 0.3 is 17.9 Å². The first kappa shape index (κ1) is 62.6. The van der Waals surface area contributed by atoms with Crippen LogP contribution in [-0.4, -0.2) is 309 Å². The van der Waals surface area contributed by atoms with Crippen LogP contribution >= 0.6 is 0 Å². The fourth-order valence-electron chi connectivity index (χ4n) is 9.37. The highest BCUT2D eigenvalue weighted by Gasteiger charge is 2.59. The molecular weight excluding hydrogens is 1070 g/mol. The van der Waals surface area contributed by atoms with Crippen molar-refractivity contribution in [2.75, 3.05) is 19.8 Å². The van der Waals surface area contributed by atoms with E-state index < -0.39 is 233 Å². The number of carboxylic acids is 3. The molecule has 0 aromatic rings. The third-order valence-electron chi connectivity index (χ3n) is 13.1. The van der Waals surface area contributed by atoms with E-state index in [1.807, 2.05) is 0 Å². The van der Waals surface area contributed by atoms with Crippen molar-refractivity contribution in [2.45, 2.75) is 193 Å². The maximum Gasteiger partial charge on any atom is 0.371 e. The van der Waals surface area contributed by atoms with Gasteiger partial charge in [-0.25, -0.2) is 14.4 Å². The lowest BCUT2D eigenvalue weighted by Gasteiger charge is -2.50. The quantitative estimate of drug-likeness (QED) is 0.0571. The van der Waals surface area contributed by atoms with Gasteiger partial charge in [0.2, 0.25) is 29.8 Å². The van der Waals surface area contributed by atoms with E-state index in [-0.39, 0.29) is 0 Å². The van der Waals surface area contributed by atoms with Crippen molar-refractivity contribution in [3.05, 3.63) is 11.8 Å². The second-order valence-electron chi connectivity index (χ2n) is 18.6. The first-order valence-corrected chi connectivity index (χ1v) is 23.7. The van der Waals surface area contributed by atoms with Gasteiger partial charge in [-0.1, -0.05) is 0 Å². The molecule has 28 atom stereocenters. The predicted octanol–water partition coefficient (Wildman–Crippen LogP) is -12.2. The fraction of sp³-hybridized carbons (Fsp3) is 0.810. The maximum atomic E-state index is 12.8. The van der Waals surface area contributed by atoms with Crippen LogP contribution in [-0.2, 0) is 80.9 Å². The molecule has 0 aromatic carbocycles. The number of hydrogen-bond donors (Lipinski definition) is 19. The Bertz CT molecular complexity index is 2140. The number of ether oxygens (including phenoxy) is 11. The number of carbonyl (C=O) groups excluding carboxylic acids is 3. The maximum absolute atomic E-state index is 12.8. The van der Waals surface area contributed by atoms with E-state index in [2.05, 4.69) is 16.0 Å². The molecule has 3 amide bonds. The molecule has 5 saturated heterocycles. The van der Waals surface area contributed by atoms with Gasteiger partial charge in [-0.3, -0.25) is 14.4 Å². The number of nitrogens with one attached hydrogen (secondary N) is 3. The van der Waals surface area contributed by atoms with E-state index >= 15 is 0 Å². The normalized spacial score (nSPS) is 44.9. The average molecular weight is 1140 g/mol. The zero-order chi connectivity index (χ0) is 57.9. The lowest BCUT2D eigenvalue weighted by molar-refractivity contribution is -0.377. The minimum absolute atomic E-state index is 0.640. The Balaban J connectivity index is 1.18. The molecule has 444 valence electrons. The molecule has 6 aliphatic heterocycles. The molecule has 36 nitrogen and oxygen atoms in total. The van der Waals surface area contributed by atoms with E-state index in [1.54, 1.807) is 0 Å². The molecule has 6 heterocycles. The molecule has 6 rings (SSSR count). The summed E-state index contributed by atoms with van der Waals surface area (Å²) in [7, 11) is 0. The molecule has 0 unspecified atom stereocenters. The fourth-order valence-corrected chi connectivity index (χ4v) is 9.37. The summed E-state index contributed by atoms with van der Waals surface area (Å²) < 4.78 is 61.0. The molecule has 78 heavy (non-hydrogen) atoms. The molecule has 19 N–H and O–H groups in total. The largest absolute Gasteiger partial charge is 0.479 e. The first-order valence-electron chi connectivity index (χ1n) is 23.7. The smallest absolute Gasteiger partial charge is 0.371 e. The summed E-state index contributed by atoms with van der Waals surface area (Å²) in [4.78, 5) is 73.6. The van der Waals surface area contributed by atoms with Crippen molar-refractivity contribution >= 4 is 35.6 Å². The summed E-state index contributed by atoms with van der Waals surface area (Å²) in [6.45, 7) is -0.344. The van der Waals surface area contributed by atoms with Crippen LogP contribution in [0.15, 0.2) is 11.8 Å². The van der Waals surface area contributed by atoms with Crippen molar-refractivity contribution in [1.82, 2.24) is 16.0 Å². The van der Waals surface area contributed by atoms with E-state index in [0.717, 1.165) is 20.8 Å². The van der Waals surface area contributed by atoms with E-state index in [4.69, 9.17) is 52.1 Å². The molecule has 0 aromatic heterocycles. The highest BCUT2D eigenvalue weighted by atomic mass is 16.8. The van der Waals surface area contributed by atoms with Gasteiger partial charge in [0.05, 0.1) is 19.8 Å². The van der Waals surface area contributed by atoms with E-state index in [0.29, 0.717) is 6.08 Å². The van der Waals surface area contributed by atoms with E-state index in [1.165, 1.54) is 0 Å². The standard InChI is InChI=1S/C42H63N3O33/c1-8(49)43-16-20(54)27(13(5-46)68-37(16)67)73-41-25(59)23(57)30(32(77-41)35(63)64)76-39-18(45-10(3)51)22(56)29(15(7-48)71-39)74-42-26(60)24(58)31(33(78-42)36(65)66)75-38-17(44-9(2)50)21(55)28(14(6-47)70-38)72-40-19(53)11(52)4-12(69-40)34(61)62/h4,11,13-33,37-42,46-48,52-60,67H,5-7H2,1-3H3,(H,43,49)(H,44,50)(H,45,51)(H,61,62)(H,63,64)(H,65,66)/t11-,13+,14+,15+,16+,17+,18+,19+,20+,21+,22+,23+,24+,25+,26+,27+,28+,29+,30-,31-,32+,33+,37+,38-,39-,40-,41+,42+/m0/s1. The van der Waals surface area contributed by atoms with E-state index in [9.17, 15) is 110 Å². The Morgan fingerprint density at radius 3 is 1.14 bits per heavy atom. The molecule has 0 bridgehead atoms. The number of hydrogen-bond acceptors (Lipinski definition) is 30. The Kier molecular flexibility index (Phi) is 21.2. The molecular formula is C42H63N3O33. The third kappa shape index (κ3) is 13.6. The Labute approximate surface area is 438 Å². The van der Waals surface area contributed by atoms with Gasteiger partial charge in [0, 0.05) is 20.8 Å². The minimum Gasteiger partial charge on any atom is -0.479 e. The van der Waals surface area contributed by atoms with Crippen LogP contribution in [0, 0.1) is 0 Å². The number of aliphatic carboxylic acids is 3. The Morgan fingerprint density at radius 2 is 0.782 bits per heavy atom. The summed E-state index contributed by atoms with van der Waals surface area (Å²) in [6.07, 6.45) is -52.1. The summed E-state index contributed by atoms with van der Waals surface area (Å²) in [5.74, 6) is -9.08. The van der Waals surface area contributed by atoms with Gasteiger partial charge in [-0.15, -0.1) is 0 Å². The van der Waals surface area contributed by atoms with Crippen molar-refractivity contribution < 1.29 is 163 Å². The van der Waals surface area contributed by atoms with Gasteiger partial charge in [0.15, 0.2) is 43.7 Å². The Hall–Kier alpha value is -4.56. The van der Waals surface area contributed by atoms with Crippen molar-refractivity contribution in [2.24, 2.45) is 0 Å². The number of aliphatic hydroxyl groups is 13. The molecule has 0 radical (unpaired) electrons. The lowest BCUT2D eigenvalue weighted by atomic mass is 9.93. The topological polar surface area (TPSA) is 564 Å². The van der Waals surface area contributed by atoms with Crippen LogP contribution in [0.25, 0.3) is 0 Å². The highest BCUT2D eigenvalue weighted by molar-refractivity contribution is 5.84.